The highest BCUT2D eigenvalue weighted by atomic mass is 35.5. The van der Waals surface area contributed by atoms with Gasteiger partial charge in [-0.05, 0) is 30.3 Å². The van der Waals surface area contributed by atoms with Crippen LogP contribution in [0.4, 0.5) is 10.1 Å². The first-order valence-electron chi connectivity index (χ1n) is 7.79. The minimum Gasteiger partial charge on any atom is -0.454 e. The van der Waals surface area contributed by atoms with Gasteiger partial charge in [0.15, 0.2) is 6.61 Å². The van der Waals surface area contributed by atoms with Gasteiger partial charge in [0.25, 0.3) is 11.5 Å². The number of para-hydroxylation sites is 1. The zero-order valence-electron chi connectivity index (χ0n) is 13.8. The van der Waals surface area contributed by atoms with Crippen molar-refractivity contribution in [3.63, 3.8) is 0 Å². The number of carbonyl (C=O) groups is 2. The minimum atomic E-state index is -0.776. The van der Waals surface area contributed by atoms with Crippen LogP contribution < -0.4 is 10.9 Å². The number of rotatable bonds is 5. The molecule has 1 N–H and O–H groups in total. The maximum atomic E-state index is 13.1. The van der Waals surface area contributed by atoms with Crippen LogP contribution in [-0.4, -0.2) is 28.0 Å². The SMILES string of the molecule is O=C(COC(=O)Cn1cnc2ccccc2c1=O)Nc1ccc(F)c(Cl)c1. The van der Waals surface area contributed by atoms with Crippen molar-refractivity contribution in [2.45, 2.75) is 6.54 Å². The number of ether oxygens (including phenoxy) is 1. The molecule has 1 amide bonds. The fourth-order valence-electron chi connectivity index (χ4n) is 2.32. The van der Waals surface area contributed by atoms with Crippen LogP contribution >= 0.6 is 11.6 Å². The summed E-state index contributed by atoms with van der Waals surface area (Å²) in [5.74, 6) is -2.02. The number of anilines is 1. The number of hydrogen-bond acceptors (Lipinski definition) is 5. The molecule has 138 valence electrons. The van der Waals surface area contributed by atoms with Crippen LogP contribution in [0, 0.1) is 5.82 Å². The Kier molecular flexibility index (Phi) is 5.46. The Morgan fingerprint density at radius 1 is 1.22 bits per heavy atom. The van der Waals surface area contributed by atoms with E-state index in [1.807, 2.05) is 0 Å². The fourth-order valence-corrected chi connectivity index (χ4v) is 2.50. The van der Waals surface area contributed by atoms with Gasteiger partial charge in [-0.3, -0.25) is 19.0 Å². The van der Waals surface area contributed by atoms with Crippen molar-refractivity contribution in [2.75, 3.05) is 11.9 Å². The van der Waals surface area contributed by atoms with Crippen molar-refractivity contribution in [1.82, 2.24) is 9.55 Å². The van der Waals surface area contributed by atoms with E-state index in [1.165, 1.54) is 18.5 Å². The molecule has 3 aromatic rings. The van der Waals surface area contributed by atoms with Gasteiger partial charge in [-0.1, -0.05) is 23.7 Å². The molecule has 27 heavy (non-hydrogen) atoms. The second-order valence-corrected chi connectivity index (χ2v) is 5.94. The van der Waals surface area contributed by atoms with Gasteiger partial charge in [-0.15, -0.1) is 0 Å². The number of carbonyl (C=O) groups excluding carboxylic acids is 2. The van der Waals surface area contributed by atoms with Crippen molar-refractivity contribution >= 4 is 40.1 Å². The van der Waals surface area contributed by atoms with E-state index in [0.717, 1.165) is 10.6 Å². The first kappa shape index (κ1) is 18.5. The van der Waals surface area contributed by atoms with Crippen LogP contribution in [0.15, 0.2) is 53.6 Å². The van der Waals surface area contributed by atoms with Gasteiger partial charge in [0.2, 0.25) is 0 Å². The number of amides is 1. The average Bonchev–Trinajstić information content (AvgIpc) is 2.65. The van der Waals surface area contributed by atoms with E-state index < -0.39 is 24.3 Å². The van der Waals surface area contributed by atoms with Gasteiger partial charge >= 0.3 is 5.97 Å². The highest BCUT2D eigenvalue weighted by Crippen LogP contribution is 2.19. The number of nitrogens with zero attached hydrogens (tertiary/aromatic N) is 2. The number of halogens is 2. The molecule has 7 nitrogen and oxygen atoms in total. The number of aromatic nitrogens is 2. The Hall–Kier alpha value is -3.26. The molecule has 0 atom stereocenters. The van der Waals surface area contributed by atoms with Crippen molar-refractivity contribution in [3.05, 3.63) is 70.0 Å². The topological polar surface area (TPSA) is 90.3 Å². The number of benzene rings is 2. The van der Waals surface area contributed by atoms with Crippen LogP contribution in [0.1, 0.15) is 0 Å². The lowest BCUT2D eigenvalue weighted by Crippen LogP contribution is -2.28. The highest BCUT2D eigenvalue weighted by Gasteiger charge is 2.12. The highest BCUT2D eigenvalue weighted by molar-refractivity contribution is 6.31. The monoisotopic (exact) mass is 389 g/mol. The van der Waals surface area contributed by atoms with Crippen LogP contribution in [0.3, 0.4) is 0 Å². The van der Waals surface area contributed by atoms with Gasteiger partial charge in [-0.2, -0.15) is 0 Å². The normalized spacial score (nSPS) is 10.6. The summed E-state index contributed by atoms with van der Waals surface area (Å²) in [5, 5.41) is 2.65. The second kappa shape index (κ2) is 7.96. The van der Waals surface area contributed by atoms with Crippen LogP contribution in [0.5, 0.6) is 0 Å². The molecule has 0 aliphatic rings. The van der Waals surface area contributed by atoms with E-state index >= 15 is 0 Å². The van der Waals surface area contributed by atoms with Gasteiger partial charge in [-0.25, -0.2) is 9.37 Å². The van der Waals surface area contributed by atoms with Crippen LogP contribution in [0.2, 0.25) is 5.02 Å². The van der Waals surface area contributed by atoms with Gasteiger partial charge in [0.1, 0.15) is 12.4 Å². The Bertz CT molecular complexity index is 1080. The molecule has 0 fully saturated rings. The van der Waals surface area contributed by atoms with Crippen molar-refractivity contribution in [1.29, 1.82) is 0 Å². The number of nitrogens with one attached hydrogen (secondary N) is 1. The quantitative estimate of drug-likeness (QED) is 0.676. The van der Waals surface area contributed by atoms with Crippen molar-refractivity contribution in [3.8, 4) is 0 Å². The number of hydrogen-bond donors (Lipinski definition) is 1. The lowest BCUT2D eigenvalue weighted by molar-refractivity contribution is -0.147. The second-order valence-electron chi connectivity index (χ2n) is 5.53. The van der Waals surface area contributed by atoms with E-state index in [9.17, 15) is 18.8 Å². The summed E-state index contributed by atoms with van der Waals surface area (Å²) in [6, 6.07) is 10.4. The molecule has 0 saturated heterocycles. The van der Waals surface area contributed by atoms with Crippen molar-refractivity contribution < 1.29 is 18.7 Å². The zero-order chi connectivity index (χ0) is 19.4. The zero-order valence-corrected chi connectivity index (χ0v) is 14.6. The van der Waals surface area contributed by atoms with Gasteiger partial charge in [0, 0.05) is 5.69 Å². The van der Waals surface area contributed by atoms with E-state index in [-0.39, 0.29) is 22.8 Å². The number of fused-ring (bicyclic) bond motifs is 1. The molecule has 0 aliphatic carbocycles. The Morgan fingerprint density at radius 3 is 2.78 bits per heavy atom. The third kappa shape index (κ3) is 4.48. The average molecular weight is 390 g/mol. The van der Waals surface area contributed by atoms with E-state index in [0.29, 0.717) is 10.9 Å². The minimum absolute atomic E-state index is 0.145. The lowest BCUT2D eigenvalue weighted by atomic mass is 10.2. The van der Waals surface area contributed by atoms with Gasteiger partial charge < -0.3 is 10.1 Å². The van der Waals surface area contributed by atoms with E-state index in [2.05, 4.69) is 10.3 Å². The molecule has 1 heterocycles. The van der Waals surface area contributed by atoms with Crippen molar-refractivity contribution in [2.24, 2.45) is 0 Å². The van der Waals surface area contributed by atoms with Gasteiger partial charge in [0.05, 0.1) is 22.3 Å². The Labute approximate surface area is 157 Å². The molecule has 0 radical (unpaired) electrons. The summed E-state index contributed by atoms with van der Waals surface area (Å²) in [7, 11) is 0. The summed E-state index contributed by atoms with van der Waals surface area (Å²) in [4.78, 5) is 40.1. The smallest absolute Gasteiger partial charge is 0.326 e. The predicted octanol–water partition coefficient (Wildman–Crippen LogP) is 2.37. The fraction of sp³-hybridized carbons (Fsp3) is 0.111. The molecular formula is C18H13ClFN3O4. The molecule has 0 bridgehead atoms. The molecule has 9 heteroatoms. The summed E-state index contributed by atoms with van der Waals surface area (Å²) in [5.41, 5.74) is 0.393. The molecular weight excluding hydrogens is 377 g/mol. The summed E-state index contributed by atoms with van der Waals surface area (Å²) in [6.45, 7) is -0.948. The van der Waals surface area contributed by atoms with Crippen LogP contribution in [0.25, 0.3) is 10.9 Å². The number of esters is 1. The third-order valence-corrected chi connectivity index (χ3v) is 3.89. The maximum Gasteiger partial charge on any atom is 0.326 e. The predicted molar refractivity (Wildman–Crippen MR) is 97.0 cm³/mol. The molecule has 0 unspecified atom stereocenters. The molecule has 0 saturated carbocycles. The standard InChI is InChI=1S/C18H13ClFN3O4/c19-13-7-11(5-6-14(13)20)22-16(24)9-27-17(25)8-23-10-21-15-4-2-1-3-12(15)18(23)26/h1-7,10H,8-9H2,(H,22,24). The van der Waals surface area contributed by atoms with E-state index in [4.69, 9.17) is 16.3 Å². The van der Waals surface area contributed by atoms with Crippen LogP contribution in [-0.2, 0) is 20.9 Å². The summed E-state index contributed by atoms with van der Waals surface area (Å²) >= 11 is 5.62. The molecule has 3 rings (SSSR count). The lowest BCUT2D eigenvalue weighted by Gasteiger charge is -2.08. The molecule has 0 aliphatic heterocycles. The van der Waals surface area contributed by atoms with E-state index in [1.54, 1.807) is 24.3 Å². The largest absolute Gasteiger partial charge is 0.454 e. The third-order valence-electron chi connectivity index (χ3n) is 3.60. The first-order chi connectivity index (χ1) is 12.9. The summed E-state index contributed by atoms with van der Waals surface area (Å²) < 4.78 is 19.0. The first-order valence-corrected chi connectivity index (χ1v) is 8.16. The summed E-state index contributed by atoms with van der Waals surface area (Å²) in [6.07, 6.45) is 1.24. The molecule has 0 spiro atoms. The Balaban J connectivity index is 1.58. The molecule has 2 aromatic carbocycles. The maximum absolute atomic E-state index is 13.1. The Morgan fingerprint density at radius 2 is 2.00 bits per heavy atom. The molecule has 1 aromatic heterocycles.